The van der Waals surface area contributed by atoms with E-state index in [0.29, 0.717) is 18.0 Å². The number of nitrogens with zero attached hydrogens (tertiary/aromatic N) is 1. The molecule has 0 radical (unpaired) electrons. The largest absolute Gasteiger partial charge is 0.508 e. The summed E-state index contributed by atoms with van der Waals surface area (Å²) in [4.78, 5) is 13.5. The minimum atomic E-state index is -0.356. The Bertz CT molecular complexity index is 1310. The van der Waals surface area contributed by atoms with Crippen molar-refractivity contribution in [2.24, 2.45) is 0 Å². The molecule has 7 heteroatoms. The number of benzene rings is 4. The van der Waals surface area contributed by atoms with Crippen molar-refractivity contribution >= 4 is 23.1 Å². The van der Waals surface area contributed by atoms with Gasteiger partial charge in [-0.25, -0.2) is 9.18 Å². The third-order valence-corrected chi connectivity index (χ3v) is 5.66. The molecule has 0 atom stereocenters. The predicted octanol–water partition coefficient (Wildman–Crippen LogP) is 7.12. The Labute approximate surface area is 217 Å². The smallest absolute Gasteiger partial charge is 0.326 e. The predicted molar refractivity (Wildman–Crippen MR) is 148 cm³/mol. The molecule has 0 saturated carbocycles. The second-order valence-corrected chi connectivity index (χ2v) is 8.47. The lowest BCUT2D eigenvalue weighted by atomic mass is 10.2. The molecule has 4 rings (SSSR count). The van der Waals surface area contributed by atoms with Crippen molar-refractivity contribution in [3.63, 3.8) is 0 Å². The molecule has 0 heterocycles. The maximum Gasteiger partial charge on any atom is 0.326 e. The van der Waals surface area contributed by atoms with Gasteiger partial charge in [0.05, 0.1) is 0 Å². The standard InChI is InChI=1S/C15H15FN2O2.C15H17NO/c1-10-9-13(19)7-8-14(10)18(2)15(20)17-12-5-3-11(16)4-6-12;1-12-10-14(8-9-15(12)16-2)17-11-13-6-4-3-5-7-13/h3-9,19H,1-2H3,(H,17,20);3-10,16H,11H2,1-2H3. The summed E-state index contributed by atoms with van der Waals surface area (Å²) < 4.78 is 18.5. The van der Waals surface area contributed by atoms with Gasteiger partial charge in [0.25, 0.3) is 0 Å². The van der Waals surface area contributed by atoms with Crippen LogP contribution in [0.2, 0.25) is 0 Å². The third kappa shape index (κ3) is 8.00. The highest BCUT2D eigenvalue weighted by molar-refractivity contribution is 6.01. The van der Waals surface area contributed by atoms with Gasteiger partial charge in [-0.1, -0.05) is 30.3 Å². The average molecular weight is 502 g/mol. The number of urea groups is 1. The first kappa shape index (κ1) is 27.1. The lowest BCUT2D eigenvalue weighted by Crippen LogP contribution is -2.31. The summed E-state index contributed by atoms with van der Waals surface area (Å²) in [6.45, 7) is 4.48. The first-order valence-electron chi connectivity index (χ1n) is 11.8. The number of carbonyl (C=O) groups excluding carboxylic acids is 1. The van der Waals surface area contributed by atoms with E-state index >= 15 is 0 Å². The van der Waals surface area contributed by atoms with Gasteiger partial charge in [0.1, 0.15) is 23.9 Å². The van der Waals surface area contributed by atoms with Gasteiger partial charge in [0.2, 0.25) is 0 Å². The molecule has 37 heavy (non-hydrogen) atoms. The van der Waals surface area contributed by atoms with Gasteiger partial charge in [-0.3, -0.25) is 4.90 Å². The molecule has 0 aliphatic carbocycles. The van der Waals surface area contributed by atoms with Gasteiger partial charge in [-0.05, 0) is 91.2 Å². The molecular formula is C30H32FN3O3. The number of aromatic hydroxyl groups is 1. The van der Waals surface area contributed by atoms with Crippen molar-refractivity contribution in [3.8, 4) is 11.5 Å². The van der Waals surface area contributed by atoms with E-state index < -0.39 is 0 Å². The zero-order chi connectivity index (χ0) is 26.8. The van der Waals surface area contributed by atoms with Crippen molar-refractivity contribution in [2.45, 2.75) is 20.5 Å². The highest BCUT2D eigenvalue weighted by Gasteiger charge is 2.13. The Balaban J connectivity index is 0.000000208. The maximum atomic E-state index is 12.8. The van der Waals surface area contributed by atoms with Crippen molar-refractivity contribution in [2.75, 3.05) is 29.6 Å². The van der Waals surface area contributed by atoms with E-state index in [1.807, 2.05) is 37.4 Å². The van der Waals surface area contributed by atoms with Gasteiger partial charge in [0, 0.05) is 31.2 Å². The summed E-state index contributed by atoms with van der Waals surface area (Å²) in [6.07, 6.45) is 0. The van der Waals surface area contributed by atoms with Crippen LogP contribution in [0.5, 0.6) is 11.5 Å². The van der Waals surface area contributed by atoms with Crippen LogP contribution in [-0.2, 0) is 6.61 Å². The summed E-state index contributed by atoms with van der Waals surface area (Å²) in [7, 11) is 3.55. The lowest BCUT2D eigenvalue weighted by Gasteiger charge is -2.20. The number of amides is 2. The Morgan fingerprint density at radius 1 is 0.919 bits per heavy atom. The summed E-state index contributed by atoms with van der Waals surface area (Å²) in [5.41, 5.74) is 5.49. The van der Waals surface area contributed by atoms with Crippen LogP contribution < -0.4 is 20.3 Å². The molecule has 0 saturated heterocycles. The maximum absolute atomic E-state index is 12.8. The summed E-state index contributed by atoms with van der Waals surface area (Å²) in [6, 6.07) is 26.2. The van der Waals surface area contributed by atoms with Gasteiger partial charge >= 0.3 is 6.03 Å². The van der Waals surface area contributed by atoms with E-state index in [1.165, 1.54) is 46.4 Å². The number of rotatable bonds is 6. The number of nitrogens with one attached hydrogen (secondary N) is 2. The summed E-state index contributed by atoms with van der Waals surface area (Å²) >= 11 is 0. The number of ether oxygens (including phenoxy) is 1. The zero-order valence-electron chi connectivity index (χ0n) is 21.5. The first-order chi connectivity index (χ1) is 17.8. The summed E-state index contributed by atoms with van der Waals surface area (Å²) in [5, 5.41) is 15.2. The lowest BCUT2D eigenvalue weighted by molar-refractivity contribution is 0.258. The molecular weight excluding hydrogens is 469 g/mol. The number of anilines is 3. The van der Waals surface area contributed by atoms with E-state index in [4.69, 9.17) is 4.74 Å². The van der Waals surface area contributed by atoms with Crippen LogP contribution in [0.15, 0.2) is 91.0 Å². The van der Waals surface area contributed by atoms with E-state index in [1.54, 1.807) is 26.1 Å². The quantitative estimate of drug-likeness (QED) is 0.263. The highest BCUT2D eigenvalue weighted by Crippen LogP contribution is 2.24. The average Bonchev–Trinajstić information content (AvgIpc) is 2.89. The molecule has 4 aromatic rings. The molecule has 0 aromatic heterocycles. The Hall–Kier alpha value is -4.52. The fourth-order valence-electron chi connectivity index (χ4n) is 3.61. The third-order valence-electron chi connectivity index (χ3n) is 5.66. The van der Waals surface area contributed by atoms with Crippen LogP contribution >= 0.6 is 0 Å². The Kier molecular flexibility index (Phi) is 9.49. The minimum Gasteiger partial charge on any atom is -0.508 e. The van der Waals surface area contributed by atoms with Crippen LogP contribution in [-0.4, -0.2) is 25.2 Å². The van der Waals surface area contributed by atoms with Gasteiger partial charge in [-0.2, -0.15) is 0 Å². The van der Waals surface area contributed by atoms with E-state index in [9.17, 15) is 14.3 Å². The number of phenols is 1. The molecule has 192 valence electrons. The Morgan fingerprint density at radius 3 is 2.24 bits per heavy atom. The molecule has 3 N–H and O–H groups in total. The Morgan fingerprint density at radius 2 is 1.62 bits per heavy atom. The molecule has 0 aliphatic heterocycles. The van der Waals surface area contributed by atoms with Gasteiger partial charge < -0.3 is 20.5 Å². The number of phenolic OH excluding ortho intramolecular Hbond substituents is 1. The molecule has 0 bridgehead atoms. The second kappa shape index (κ2) is 13.0. The van der Waals surface area contributed by atoms with Crippen molar-refractivity contribution < 1.29 is 19.0 Å². The number of halogens is 1. The number of hydrogen-bond acceptors (Lipinski definition) is 4. The first-order valence-corrected chi connectivity index (χ1v) is 11.8. The summed E-state index contributed by atoms with van der Waals surface area (Å²) in [5.74, 6) is 0.703. The van der Waals surface area contributed by atoms with Gasteiger partial charge in [0.15, 0.2) is 0 Å². The molecule has 2 amide bonds. The van der Waals surface area contributed by atoms with Crippen molar-refractivity contribution in [1.82, 2.24) is 0 Å². The molecule has 0 spiro atoms. The fourth-order valence-corrected chi connectivity index (χ4v) is 3.61. The van der Waals surface area contributed by atoms with Crippen molar-refractivity contribution in [3.05, 3.63) is 114 Å². The van der Waals surface area contributed by atoms with Crippen LogP contribution in [0.25, 0.3) is 0 Å². The topological polar surface area (TPSA) is 73.8 Å². The molecule has 0 unspecified atom stereocenters. The molecule has 0 fully saturated rings. The zero-order valence-corrected chi connectivity index (χ0v) is 21.5. The number of hydrogen-bond donors (Lipinski definition) is 3. The highest BCUT2D eigenvalue weighted by atomic mass is 19.1. The SMILES string of the molecule is CNc1ccc(OCc2ccccc2)cc1C.Cc1cc(O)ccc1N(C)C(=O)Nc1ccc(F)cc1. The van der Waals surface area contributed by atoms with Crippen LogP contribution in [0.4, 0.5) is 26.2 Å². The normalized spacial score (nSPS) is 10.1. The van der Waals surface area contributed by atoms with Crippen molar-refractivity contribution in [1.29, 1.82) is 0 Å². The fraction of sp³-hybridized carbons (Fsp3) is 0.167. The van der Waals surface area contributed by atoms with E-state index in [0.717, 1.165) is 17.0 Å². The van der Waals surface area contributed by atoms with E-state index in [2.05, 4.69) is 35.8 Å². The second-order valence-electron chi connectivity index (χ2n) is 8.47. The van der Waals surface area contributed by atoms with E-state index in [-0.39, 0.29) is 17.6 Å². The van der Waals surface area contributed by atoms with Crippen LogP contribution in [0.3, 0.4) is 0 Å². The van der Waals surface area contributed by atoms with Crippen LogP contribution in [0.1, 0.15) is 16.7 Å². The number of aryl methyl sites for hydroxylation is 2. The molecule has 4 aromatic carbocycles. The molecule has 0 aliphatic rings. The van der Waals surface area contributed by atoms with Crippen LogP contribution in [0, 0.1) is 19.7 Å². The molecule has 6 nitrogen and oxygen atoms in total. The minimum absolute atomic E-state index is 0.151. The van der Waals surface area contributed by atoms with Gasteiger partial charge in [-0.15, -0.1) is 0 Å². The number of carbonyl (C=O) groups is 1. The monoisotopic (exact) mass is 501 g/mol.